The lowest BCUT2D eigenvalue weighted by molar-refractivity contribution is -0.152. The summed E-state index contributed by atoms with van der Waals surface area (Å²) in [5, 5.41) is 11.0. The van der Waals surface area contributed by atoms with E-state index in [0.717, 1.165) is 60.7 Å². The minimum Gasteiger partial charge on any atom is -0.390 e. The molecule has 1 heteroatoms. The average molecular weight is 417 g/mol. The maximum Gasteiger partial charge on any atom is 0.0648 e. The van der Waals surface area contributed by atoms with Crippen molar-refractivity contribution in [2.75, 3.05) is 0 Å². The van der Waals surface area contributed by atoms with Gasteiger partial charge in [-0.25, -0.2) is 0 Å². The molecule has 0 radical (unpaired) electrons. The Morgan fingerprint density at radius 2 is 1.57 bits per heavy atom. The first kappa shape index (κ1) is 23.1. The summed E-state index contributed by atoms with van der Waals surface area (Å²) in [6.45, 7) is 14.9. The molecule has 0 saturated heterocycles. The van der Waals surface area contributed by atoms with Crippen molar-refractivity contribution in [2.45, 2.75) is 131 Å². The maximum absolute atomic E-state index is 11.0. The summed E-state index contributed by atoms with van der Waals surface area (Å²) in [5.41, 5.74) is 0.761. The largest absolute Gasteiger partial charge is 0.390 e. The zero-order chi connectivity index (χ0) is 21.7. The van der Waals surface area contributed by atoms with Crippen LogP contribution in [0.1, 0.15) is 125 Å². The number of aliphatic hydroxyl groups is 1. The summed E-state index contributed by atoms with van der Waals surface area (Å²) < 4.78 is 0. The van der Waals surface area contributed by atoms with E-state index >= 15 is 0 Å². The Hall–Kier alpha value is -0.0400. The lowest BCUT2D eigenvalue weighted by Gasteiger charge is -2.62. The standard InChI is InChI=1S/C29H52O/c1-7-29(30)18-17-27(5)22(19-29)11-12-23-25-14-13-24(21(4)10-8-9-20(2)3)28(25,6)16-15-26(23)27/h20-26,30H,7-19H2,1-6H3/t21-,22-,23+,24-,25+,26+,27+,28-,29+/m1/s1. The van der Waals surface area contributed by atoms with E-state index in [9.17, 15) is 5.11 Å². The number of hydrogen-bond donors (Lipinski definition) is 1. The smallest absolute Gasteiger partial charge is 0.0648 e. The van der Waals surface area contributed by atoms with Crippen LogP contribution in [-0.2, 0) is 0 Å². The van der Waals surface area contributed by atoms with Gasteiger partial charge in [-0.05, 0) is 116 Å². The highest BCUT2D eigenvalue weighted by molar-refractivity contribution is 5.10. The molecule has 0 unspecified atom stereocenters. The molecular weight excluding hydrogens is 364 g/mol. The van der Waals surface area contributed by atoms with Crippen molar-refractivity contribution in [3.63, 3.8) is 0 Å². The molecule has 0 heterocycles. The van der Waals surface area contributed by atoms with Crippen molar-refractivity contribution in [1.29, 1.82) is 0 Å². The highest BCUT2D eigenvalue weighted by Gasteiger charge is 2.61. The van der Waals surface area contributed by atoms with Gasteiger partial charge in [0.05, 0.1) is 5.60 Å². The molecule has 1 nitrogen and oxygen atoms in total. The molecule has 0 amide bonds. The predicted molar refractivity (Wildman–Crippen MR) is 128 cm³/mol. The van der Waals surface area contributed by atoms with Crippen molar-refractivity contribution < 1.29 is 5.11 Å². The Morgan fingerprint density at radius 1 is 0.833 bits per heavy atom. The fourth-order valence-electron chi connectivity index (χ4n) is 9.67. The molecule has 4 aliphatic carbocycles. The molecule has 4 aliphatic rings. The van der Waals surface area contributed by atoms with Gasteiger partial charge < -0.3 is 5.11 Å². The second kappa shape index (κ2) is 8.39. The van der Waals surface area contributed by atoms with E-state index in [1.807, 2.05) is 0 Å². The molecule has 0 aromatic rings. The number of rotatable bonds is 6. The van der Waals surface area contributed by atoms with E-state index in [1.165, 1.54) is 64.2 Å². The van der Waals surface area contributed by atoms with Gasteiger partial charge in [-0.2, -0.15) is 0 Å². The van der Waals surface area contributed by atoms with Crippen molar-refractivity contribution in [3.8, 4) is 0 Å². The van der Waals surface area contributed by atoms with Gasteiger partial charge in [0.1, 0.15) is 0 Å². The van der Waals surface area contributed by atoms with Gasteiger partial charge in [-0.1, -0.05) is 60.8 Å². The molecule has 0 aliphatic heterocycles. The van der Waals surface area contributed by atoms with Crippen LogP contribution in [0.25, 0.3) is 0 Å². The van der Waals surface area contributed by atoms with Gasteiger partial charge in [0.2, 0.25) is 0 Å². The van der Waals surface area contributed by atoms with Crippen LogP contribution in [0, 0.1) is 52.3 Å². The van der Waals surface area contributed by atoms with Crippen LogP contribution in [0.4, 0.5) is 0 Å². The second-order valence-electron chi connectivity index (χ2n) is 13.5. The summed E-state index contributed by atoms with van der Waals surface area (Å²) in [6.07, 6.45) is 17.5. The van der Waals surface area contributed by atoms with E-state index in [-0.39, 0.29) is 5.60 Å². The van der Waals surface area contributed by atoms with Crippen LogP contribution in [0.3, 0.4) is 0 Å². The SMILES string of the molecule is CC[C@]1(O)CC[C@@]2(C)[C@H](CC[C@@H]3[C@@H]2CC[C@]2(C)[C@@H]([C@H](C)CCCC(C)C)CC[C@@H]32)C1. The molecule has 1 N–H and O–H groups in total. The molecule has 9 atom stereocenters. The zero-order valence-corrected chi connectivity index (χ0v) is 21.2. The van der Waals surface area contributed by atoms with Gasteiger partial charge in [-0.15, -0.1) is 0 Å². The van der Waals surface area contributed by atoms with Crippen LogP contribution >= 0.6 is 0 Å². The summed E-state index contributed by atoms with van der Waals surface area (Å²) in [7, 11) is 0. The van der Waals surface area contributed by atoms with Crippen molar-refractivity contribution in [1.82, 2.24) is 0 Å². The Labute approximate surface area is 188 Å². The monoisotopic (exact) mass is 416 g/mol. The summed E-state index contributed by atoms with van der Waals surface area (Å²) in [5.74, 6) is 6.41. The lowest BCUT2D eigenvalue weighted by Crippen LogP contribution is -2.56. The van der Waals surface area contributed by atoms with Crippen LogP contribution in [0.5, 0.6) is 0 Å². The molecule has 4 saturated carbocycles. The fraction of sp³-hybridized carbons (Fsp3) is 1.00. The Balaban J connectivity index is 1.46. The zero-order valence-electron chi connectivity index (χ0n) is 21.2. The van der Waals surface area contributed by atoms with Crippen molar-refractivity contribution in [2.24, 2.45) is 52.3 Å². The highest BCUT2D eigenvalue weighted by Crippen LogP contribution is 2.69. The third kappa shape index (κ3) is 3.82. The molecule has 174 valence electrons. The molecule has 4 fully saturated rings. The van der Waals surface area contributed by atoms with E-state index < -0.39 is 0 Å². The highest BCUT2D eigenvalue weighted by atomic mass is 16.3. The molecule has 4 rings (SSSR count). The maximum atomic E-state index is 11.0. The Kier molecular flexibility index (Phi) is 6.47. The van der Waals surface area contributed by atoms with Crippen LogP contribution in [0.2, 0.25) is 0 Å². The minimum absolute atomic E-state index is 0.357. The molecule has 0 spiro atoms. The lowest BCUT2D eigenvalue weighted by atomic mass is 9.43. The van der Waals surface area contributed by atoms with E-state index in [2.05, 4.69) is 41.5 Å². The first-order valence-corrected chi connectivity index (χ1v) is 13.9. The average Bonchev–Trinajstić information content (AvgIpc) is 3.05. The van der Waals surface area contributed by atoms with Gasteiger partial charge in [-0.3, -0.25) is 0 Å². The third-order valence-corrected chi connectivity index (χ3v) is 11.7. The van der Waals surface area contributed by atoms with Crippen molar-refractivity contribution >= 4 is 0 Å². The fourth-order valence-corrected chi connectivity index (χ4v) is 9.67. The Morgan fingerprint density at radius 3 is 2.27 bits per heavy atom. The van der Waals surface area contributed by atoms with Crippen LogP contribution in [-0.4, -0.2) is 10.7 Å². The van der Waals surface area contributed by atoms with Gasteiger partial charge in [0.15, 0.2) is 0 Å². The normalized spacial score (nSPS) is 49.4. The third-order valence-electron chi connectivity index (χ3n) is 11.7. The summed E-state index contributed by atoms with van der Waals surface area (Å²) in [6, 6.07) is 0. The first-order chi connectivity index (χ1) is 14.1. The van der Waals surface area contributed by atoms with Gasteiger partial charge in [0, 0.05) is 0 Å². The van der Waals surface area contributed by atoms with Gasteiger partial charge in [0.25, 0.3) is 0 Å². The molecule has 30 heavy (non-hydrogen) atoms. The van der Waals surface area contributed by atoms with Crippen molar-refractivity contribution in [3.05, 3.63) is 0 Å². The molecular formula is C29H52O. The molecule has 0 aromatic carbocycles. The van der Waals surface area contributed by atoms with E-state index in [4.69, 9.17) is 0 Å². The number of hydrogen-bond acceptors (Lipinski definition) is 1. The first-order valence-electron chi connectivity index (χ1n) is 13.9. The number of fused-ring (bicyclic) bond motifs is 5. The van der Waals surface area contributed by atoms with Gasteiger partial charge >= 0.3 is 0 Å². The Bertz CT molecular complexity index is 597. The predicted octanol–water partition coefficient (Wildman–Crippen LogP) is 8.25. The summed E-state index contributed by atoms with van der Waals surface area (Å²) >= 11 is 0. The molecule has 0 aromatic heterocycles. The quantitative estimate of drug-likeness (QED) is 0.462. The second-order valence-corrected chi connectivity index (χ2v) is 13.5. The summed E-state index contributed by atoms with van der Waals surface area (Å²) in [4.78, 5) is 0. The van der Waals surface area contributed by atoms with E-state index in [1.54, 1.807) is 0 Å². The van der Waals surface area contributed by atoms with E-state index in [0.29, 0.717) is 10.8 Å². The minimum atomic E-state index is -0.357. The topological polar surface area (TPSA) is 20.2 Å². The van der Waals surface area contributed by atoms with Crippen LogP contribution < -0.4 is 0 Å². The molecule has 0 bridgehead atoms. The van der Waals surface area contributed by atoms with Crippen LogP contribution in [0.15, 0.2) is 0 Å².